The minimum Gasteiger partial charge on any atom is -0.439 e. The van der Waals surface area contributed by atoms with Crippen molar-refractivity contribution in [2.75, 3.05) is 5.84 Å². The Bertz CT molecular complexity index is 1470. The van der Waals surface area contributed by atoms with Crippen molar-refractivity contribution >= 4 is 11.6 Å². The van der Waals surface area contributed by atoms with Crippen LogP contribution in [-0.2, 0) is 13.1 Å². The molecule has 1 amide bonds. The van der Waals surface area contributed by atoms with E-state index in [-0.39, 0.29) is 23.7 Å². The van der Waals surface area contributed by atoms with Crippen LogP contribution in [0.15, 0.2) is 62.3 Å². The zero-order valence-corrected chi connectivity index (χ0v) is 20.5. The largest absolute Gasteiger partial charge is 0.439 e. The molecule has 0 saturated heterocycles. The van der Waals surface area contributed by atoms with E-state index in [0.29, 0.717) is 23.9 Å². The van der Waals surface area contributed by atoms with E-state index in [1.807, 2.05) is 5.43 Å². The van der Waals surface area contributed by atoms with Crippen LogP contribution in [0.3, 0.4) is 0 Å². The molecular weight excluding hydrogens is 478 g/mol. The Morgan fingerprint density at radius 1 is 1.11 bits per heavy atom. The second kappa shape index (κ2) is 11.5. The number of nitrogens with zero attached hydrogens (tertiary/aromatic N) is 6. The third-order valence-electron chi connectivity index (χ3n) is 6.24. The summed E-state index contributed by atoms with van der Waals surface area (Å²) in [6.07, 6.45) is 5.46. The topological polar surface area (TPSA) is 175 Å². The van der Waals surface area contributed by atoms with E-state index in [1.54, 1.807) is 43.3 Å². The fourth-order valence-electron chi connectivity index (χ4n) is 4.36. The molecule has 0 atom stereocenters. The Balaban J connectivity index is 1.65. The van der Waals surface area contributed by atoms with Gasteiger partial charge in [-0.2, -0.15) is 10.2 Å². The first kappa shape index (κ1) is 25.5. The first-order valence-electron chi connectivity index (χ1n) is 12.1. The van der Waals surface area contributed by atoms with Crippen molar-refractivity contribution < 1.29 is 9.53 Å². The van der Waals surface area contributed by atoms with Gasteiger partial charge in [0.2, 0.25) is 11.5 Å². The molecule has 1 aliphatic rings. The van der Waals surface area contributed by atoms with Gasteiger partial charge in [-0.3, -0.25) is 9.36 Å². The Morgan fingerprint density at radius 3 is 2.51 bits per heavy atom. The summed E-state index contributed by atoms with van der Waals surface area (Å²) >= 11 is 0. The predicted molar refractivity (Wildman–Crippen MR) is 134 cm³/mol. The number of amides is 1. The van der Waals surface area contributed by atoms with Gasteiger partial charge >= 0.3 is 11.4 Å². The molecule has 4 rings (SSSR count). The van der Waals surface area contributed by atoms with Gasteiger partial charge in [-0.1, -0.05) is 30.6 Å². The molecule has 2 aromatic heterocycles. The number of benzene rings is 1. The van der Waals surface area contributed by atoms with Crippen LogP contribution in [0.1, 0.15) is 49.5 Å². The molecule has 1 saturated carbocycles. The number of nitrogens with two attached hydrogens (primary N) is 1. The average molecular weight is 508 g/mol. The standard InChI is InChI=1S/C24H29N9O4/c1-2-31-23(35)32(15-16-7-4-3-5-8-16)22(33(26)24(31)36)27-17-11-13-18(14-12-17)37-20-10-6-9-19(28-20)21(34)29-30-25/h6,9-14,16H,2-5,7-8,15,26H2,1H3,(H2,25,29,34)/b27-22-. The number of hydrogen-bond donors (Lipinski definition) is 3. The smallest absolute Gasteiger partial charge is 0.353 e. The molecule has 2 heterocycles. The van der Waals surface area contributed by atoms with Crippen LogP contribution in [0.5, 0.6) is 11.6 Å². The lowest BCUT2D eigenvalue weighted by Crippen LogP contribution is -2.57. The number of carbonyl (C=O) groups is 1. The fourth-order valence-corrected chi connectivity index (χ4v) is 4.36. The summed E-state index contributed by atoms with van der Waals surface area (Å²) in [6, 6.07) is 11.2. The first-order chi connectivity index (χ1) is 17.9. The number of ether oxygens (including phenoxy) is 1. The molecule has 3 aromatic rings. The first-order valence-corrected chi connectivity index (χ1v) is 12.1. The van der Waals surface area contributed by atoms with Crippen LogP contribution >= 0.6 is 0 Å². The minimum absolute atomic E-state index is 0.0466. The van der Waals surface area contributed by atoms with Crippen molar-refractivity contribution in [3.8, 4) is 11.6 Å². The third kappa shape index (κ3) is 5.82. The van der Waals surface area contributed by atoms with Crippen molar-refractivity contribution in [3.05, 3.63) is 74.7 Å². The second-order valence-corrected chi connectivity index (χ2v) is 8.72. The van der Waals surface area contributed by atoms with Gasteiger partial charge in [0, 0.05) is 19.2 Å². The van der Waals surface area contributed by atoms with E-state index in [4.69, 9.17) is 16.1 Å². The van der Waals surface area contributed by atoms with Crippen molar-refractivity contribution in [2.24, 2.45) is 16.1 Å². The van der Waals surface area contributed by atoms with Crippen molar-refractivity contribution in [1.82, 2.24) is 24.2 Å². The number of pyridine rings is 1. The number of nitrogens with one attached hydrogen (secondary N) is 2. The van der Waals surface area contributed by atoms with Gasteiger partial charge in [-0.05, 0) is 56.0 Å². The fraction of sp³-hybridized carbons (Fsp3) is 0.375. The maximum absolute atomic E-state index is 13.2. The molecule has 4 N–H and O–H groups in total. The Hall–Kier alpha value is -4.55. The van der Waals surface area contributed by atoms with Crippen LogP contribution in [-0.4, -0.2) is 24.7 Å². The summed E-state index contributed by atoms with van der Waals surface area (Å²) in [5, 5.41) is 2.84. The number of carbonyl (C=O) groups excluding carboxylic acids is 1. The van der Waals surface area contributed by atoms with Crippen molar-refractivity contribution in [2.45, 2.75) is 52.1 Å². The van der Waals surface area contributed by atoms with E-state index < -0.39 is 17.3 Å². The zero-order valence-electron chi connectivity index (χ0n) is 20.5. The van der Waals surface area contributed by atoms with E-state index in [9.17, 15) is 14.4 Å². The summed E-state index contributed by atoms with van der Waals surface area (Å²) in [5.74, 6) is 6.41. The molecule has 0 bridgehead atoms. The summed E-state index contributed by atoms with van der Waals surface area (Å²) < 4.78 is 9.24. The van der Waals surface area contributed by atoms with Crippen molar-refractivity contribution in [1.29, 1.82) is 5.53 Å². The van der Waals surface area contributed by atoms with Gasteiger partial charge in [-0.15, -0.1) is 0 Å². The molecular formula is C24H29N9O4. The third-order valence-corrected chi connectivity index (χ3v) is 6.24. The maximum atomic E-state index is 13.2. The molecule has 0 spiro atoms. The molecule has 37 heavy (non-hydrogen) atoms. The van der Waals surface area contributed by atoms with E-state index in [0.717, 1.165) is 34.9 Å². The summed E-state index contributed by atoms with van der Waals surface area (Å²) in [5.41, 5.74) is 8.27. The SMILES string of the molecule is CCn1c(=O)n(N)/c(=N\c2ccc(Oc3cccc(C(=O)NN=N)n3)cc2)n(CC2CCCCC2)c1=O. The summed E-state index contributed by atoms with van der Waals surface area (Å²) in [7, 11) is 0. The molecule has 0 radical (unpaired) electrons. The molecule has 13 heteroatoms. The highest BCUT2D eigenvalue weighted by Gasteiger charge is 2.19. The van der Waals surface area contributed by atoms with Gasteiger partial charge in [-0.25, -0.2) is 29.6 Å². The molecule has 0 unspecified atom stereocenters. The molecule has 13 nitrogen and oxygen atoms in total. The summed E-state index contributed by atoms with van der Waals surface area (Å²) in [4.78, 5) is 46.3. The summed E-state index contributed by atoms with van der Waals surface area (Å²) in [6.45, 7) is 2.38. The lowest BCUT2D eigenvalue weighted by molar-refractivity contribution is 0.0944. The Labute approximate surface area is 211 Å². The second-order valence-electron chi connectivity index (χ2n) is 8.72. The van der Waals surface area contributed by atoms with E-state index in [2.05, 4.69) is 15.2 Å². The van der Waals surface area contributed by atoms with Crippen LogP contribution in [0.2, 0.25) is 0 Å². The quantitative estimate of drug-likeness (QED) is 0.239. The van der Waals surface area contributed by atoms with Crippen LogP contribution < -0.4 is 33.0 Å². The highest BCUT2D eigenvalue weighted by molar-refractivity contribution is 5.91. The molecule has 1 aromatic carbocycles. The minimum atomic E-state index is -0.631. The van der Waals surface area contributed by atoms with Gasteiger partial charge < -0.3 is 10.6 Å². The van der Waals surface area contributed by atoms with Gasteiger partial charge in [0.15, 0.2) is 0 Å². The highest BCUT2D eigenvalue weighted by atomic mass is 16.5. The Kier molecular flexibility index (Phi) is 7.91. The van der Waals surface area contributed by atoms with Crippen LogP contribution in [0.25, 0.3) is 0 Å². The zero-order chi connectivity index (χ0) is 26.4. The van der Waals surface area contributed by atoms with Crippen molar-refractivity contribution in [3.63, 3.8) is 0 Å². The van der Waals surface area contributed by atoms with Gasteiger partial charge in [0.25, 0.3) is 5.91 Å². The Morgan fingerprint density at radius 2 is 1.84 bits per heavy atom. The molecule has 194 valence electrons. The number of hydrogen-bond acceptors (Lipinski definition) is 9. The van der Waals surface area contributed by atoms with Crippen LogP contribution in [0.4, 0.5) is 5.69 Å². The van der Waals surface area contributed by atoms with Crippen LogP contribution in [0, 0.1) is 11.4 Å². The number of aromatic nitrogens is 4. The number of nitrogen functional groups attached to an aromatic ring is 1. The monoisotopic (exact) mass is 507 g/mol. The van der Waals surface area contributed by atoms with Gasteiger partial charge in [0.1, 0.15) is 11.4 Å². The normalized spacial score (nSPS) is 14.4. The van der Waals surface area contributed by atoms with E-state index >= 15 is 0 Å². The van der Waals surface area contributed by atoms with Gasteiger partial charge in [0.05, 0.1) is 5.69 Å². The maximum Gasteiger partial charge on any atom is 0.353 e. The lowest BCUT2D eigenvalue weighted by atomic mass is 9.89. The molecule has 0 aliphatic heterocycles. The molecule has 1 aliphatic carbocycles. The average Bonchev–Trinajstić information content (AvgIpc) is 2.91. The lowest BCUT2D eigenvalue weighted by Gasteiger charge is -2.23. The number of rotatable bonds is 8. The molecule has 1 fully saturated rings. The van der Waals surface area contributed by atoms with E-state index in [1.165, 1.54) is 17.1 Å². The highest BCUT2D eigenvalue weighted by Crippen LogP contribution is 2.25. The predicted octanol–water partition coefficient (Wildman–Crippen LogP) is 2.22.